The molecule has 0 aliphatic carbocycles. The lowest BCUT2D eigenvalue weighted by molar-refractivity contribution is 0.340. The Hall–Kier alpha value is -2.82. The van der Waals surface area contributed by atoms with Gasteiger partial charge in [-0.3, -0.25) is 0 Å². The minimum absolute atomic E-state index is 0.612. The summed E-state index contributed by atoms with van der Waals surface area (Å²) in [5.74, 6) is 1.43. The third kappa shape index (κ3) is 3.02. The van der Waals surface area contributed by atoms with Gasteiger partial charge >= 0.3 is 0 Å². The van der Waals surface area contributed by atoms with Crippen molar-refractivity contribution < 1.29 is 4.74 Å². The van der Waals surface area contributed by atoms with Crippen LogP contribution in [0.4, 0.5) is 5.95 Å². The van der Waals surface area contributed by atoms with E-state index in [4.69, 9.17) is 4.74 Å². The third-order valence-electron chi connectivity index (χ3n) is 2.98. The number of hydrogen-bond donors (Lipinski definition) is 2. The molecule has 0 amide bonds. The zero-order valence-corrected chi connectivity index (χ0v) is 11.7. The minimum Gasteiger partial charge on any atom is -0.493 e. The van der Waals surface area contributed by atoms with Crippen LogP contribution in [0, 0.1) is 0 Å². The Morgan fingerprint density at radius 2 is 2.00 bits per heavy atom. The van der Waals surface area contributed by atoms with Crippen LogP contribution in [0.2, 0.25) is 0 Å². The number of rotatable bonds is 5. The standard InChI is InChI=1S/C16H16N4O/c1-2-21-15-10-6-3-7-12(15)11-17-20-16-18-13-8-4-5-9-14(13)19-16/h3-11H,2H2,1H3,(H2,18,19,20)/b17-11-. The molecular weight excluding hydrogens is 264 g/mol. The minimum atomic E-state index is 0.612. The van der Waals surface area contributed by atoms with Crippen LogP contribution in [0.15, 0.2) is 53.6 Å². The van der Waals surface area contributed by atoms with E-state index >= 15 is 0 Å². The molecule has 0 aliphatic heterocycles. The van der Waals surface area contributed by atoms with Gasteiger partial charge in [0.05, 0.1) is 23.9 Å². The smallest absolute Gasteiger partial charge is 0.222 e. The first-order chi connectivity index (χ1) is 10.4. The number of nitrogens with zero attached hydrogens (tertiary/aromatic N) is 2. The van der Waals surface area contributed by atoms with Crippen molar-refractivity contribution in [1.29, 1.82) is 0 Å². The van der Waals surface area contributed by atoms with E-state index in [-0.39, 0.29) is 0 Å². The highest BCUT2D eigenvalue weighted by Gasteiger charge is 2.01. The van der Waals surface area contributed by atoms with Crippen LogP contribution in [0.3, 0.4) is 0 Å². The van der Waals surface area contributed by atoms with E-state index in [2.05, 4.69) is 20.5 Å². The van der Waals surface area contributed by atoms with Crippen molar-refractivity contribution in [1.82, 2.24) is 9.97 Å². The third-order valence-corrected chi connectivity index (χ3v) is 2.98. The van der Waals surface area contributed by atoms with E-state index in [1.165, 1.54) is 0 Å². The van der Waals surface area contributed by atoms with E-state index in [1.54, 1.807) is 6.21 Å². The zero-order valence-electron chi connectivity index (χ0n) is 11.7. The van der Waals surface area contributed by atoms with Crippen LogP contribution in [0.1, 0.15) is 12.5 Å². The predicted molar refractivity (Wildman–Crippen MR) is 84.9 cm³/mol. The lowest BCUT2D eigenvalue weighted by Gasteiger charge is -2.05. The van der Waals surface area contributed by atoms with Crippen molar-refractivity contribution in [3.05, 3.63) is 54.1 Å². The number of imidazole rings is 1. The van der Waals surface area contributed by atoms with Gasteiger partial charge in [0.2, 0.25) is 5.95 Å². The SMILES string of the molecule is CCOc1ccccc1/C=N\Nc1nc2ccccc2[nH]1. The Kier molecular flexibility index (Phi) is 3.82. The Balaban J connectivity index is 1.74. The van der Waals surface area contributed by atoms with Crippen molar-refractivity contribution in [2.24, 2.45) is 5.10 Å². The topological polar surface area (TPSA) is 62.3 Å². The molecule has 0 spiro atoms. The van der Waals surface area contributed by atoms with Crippen molar-refractivity contribution in [2.75, 3.05) is 12.0 Å². The van der Waals surface area contributed by atoms with E-state index < -0.39 is 0 Å². The maximum absolute atomic E-state index is 5.55. The fourth-order valence-electron chi connectivity index (χ4n) is 2.04. The predicted octanol–water partition coefficient (Wildman–Crippen LogP) is 3.41. The lowest BCUT2D eigenvalue weighted by Crippen LogP contribution is -1.97. The molecule has 21 heavy (non-hydrogen) atoms. The van der Waals surface area contributed by atoms with Crippen LogP contribution in [0.25, 0.3) is 11.0 Å². The van der Waals surface area contributed by atoms with Gasteiger partial charge in [0.1, 0.15) is 5.75 Å². The molecule has 0 bridgehead atoms. The van der Waals surface area contributed by atoms with Crippen molar-refractivity contribution in [3.63, 3.8) is 0 Å². The van der Waals surface area contributed by atoms with Crippen LogP contribution in [-0.2, 0) is 0 Å². The van der Waals surface area contributed by atoms with Gasteiger partial charge in [-0.2, -0.15) is 5.10 Å². The maximum Gasteiger partial charge on any atom is 0.222 e. The fourth-order valence-corrected chi connectivity index (χ4v) is 2.04. The van der Waals surface area contributed by atoms with Gasteiger partial charge in [-0.15, -0.1) is 0 Å². The highest BCUT2D eigenvalue weighted by atomic mass is 16.5. The molecule has 0 aliphatic rings. The summed E-state index contributed by atoms with van der Waals surface area (Å²) in [7, 11) is 0. The highest BCUT2D eigenvalue weighted by molar-refractivity contribution is 5.84. The summed E-state index contributed by atoms with van der Waals surface area (Å²) in [6.45, 7) is 2.59. The number of hydrazone groups is 1. The largest absolute Gasteiger partial charge is 0.493 e. The molecule has 2 aromatic carbocycles. The molecule has 0 saturated heterocycles. The number of fused-ring (bicyclic) bond motifs is 1. The Morgan fingerprint density at radius 3 is 2.86 bits per heavy atom. The summed E-state index contributed by atoms with van der Waals surface area (Å²) in [4.78, 5) is 7.55. The maximum atomic E-state index is 5.55. The van der Waals surface area contributed by atoms with Crippen LogP contribution in [-0.4, -0.2) is 22.8 Å². The summed E-state index contributed by atoms with van der Waals surface area (Å²) in [6, 6.07) is 15.6. The number of hydrogen-bond acceptors (Lipinski definition) is 4. The van der Waals surface area contributed by atoms with Crippen molar-refractivity contribution in [3.8, 4) is 5.75 Å². The van der Waals surface area contributed by atoms with Gasteiger partial charge in [-0.1, -0.05) is 24.3 Å². The number of ether oxygens (including phenoxy) is 1. The number of anilines is 1. The molecule has 106 valence electrons. The summed E-state index contributed by atoms with van der Waals surface area (Å²) < 4.78 is 5.55. The normalized spacial score (nSPS) is 11.1. The average molecular weight is 280 g/mol. The molecule has 5 nitrogen and oxygen atoms in total. The molecule has 1 aromatic heterocycles. The number of benzene rings is 2. The van der Waals surface area contributed by atoms with Crippen molar-refractivity contribution >= 4 is 23.2 Å². The van der Waals surface area contributed by atoms with Crippen LogP contribution >= 0.6 is 0 Å². The molecule has 0 atom stereocenters. The summed E-state index contributed by atoms with van der Waals surface area (Å²) in [6.07, 6.45) is 1.72. The molecule has 3 rings (SSSR count). The summed E-state index contributed by atoms with van der Waals surface area (Å²) >= 11 is 0. The van der Waals surface area contributed by atoms with Gasteiger partial charge in [0.15, 0.2) is 0 Å². The molecule has 3 aromatic rings. The Bertz CT molecular complexity index is 731. The quantitative estimate of drug-likeness (QED) is 0.556. The fraction of sp³-hybridized carbons (Fsp3) is 0.125. The number of para-hydroxylation sites is 3. The molecule has 2 N–H and O–H groups in total. The first kappa shape index (κ1) is 13.2. The second-order valence-electron chi connectivity index (χ2n) is 4.44. The Morgan fingerprint density at radius 1 is 1.19 bits per heavy atom. The monoisotopic (exact) mass is 280 g/mol. The van der Waals surface area contributed by atoms with Gasteiger partial charge < -0.3 is 9.72 Å². The van der Waals surface area contributed by atoms with Gasteiger partial charge in [-0.05, 0) is 31.2 Å². The van der Waals surface area contributed by atoms with E-state index in [0.29, 0.717) is 12.6 Å². The van der Waals surface area contributed by atoms with Crippen LogP contribution in [0.5, 0.6) is 5.75 Å². The van der Waals surface area contributed by atoms with E-state index in [9.17, 15) is 0 Å². The van der Waals surface area contributed by atoms with Crippen molar-refractivity contribution in [2.45, 2.75) is 6.92 Å². The van der Waals surface area contributed by atoms with E-state index in [0.717, 1.165) is 22.3 Å². The highest BCUT2D eigenvalue weighted by Crippen LogP contribution is 2.16. The molecule has 0 radical (unpaired) electrons. The van der Waals surface area contributed by atoms with Crippen LogP contribution < -0.4 is 10.2 Å². The molecule has 0 unspecified atom stereocenters. The molecular formula is C16H16N4O. The van der Waals surface area contributed by atoms with Gasteiger partial charge in [0.25, 0.3) is 0 Å². The molecule has 1 heterocycles. The summed E-state index contributed by atoms with van der Waals surface area (Å²) in [5, 5.41) is 4.20. The number of nitrogens with one attached hydrogen (secondary N) is 2. The lowest BCUT2D eigenvalue weighted by atomic mass is 10.2. The van der Waals surface area contributed by atoms with E-state index in [1.807, 2.05) is 55.5 Å². The second kappa shape index (κ2) is 6.09. The number of H-pyrrole nitrogens is 1. The number of aromatic nitrogens is 2. The average Bonchev–Trinajstić information content (AvgIpc) is 2.92. The zero-order chi connectivity index (χ0) is 14.5. The molecule has 0 fully saturated rings. The molecule has 5 heteroatoms. The molecule has 0 saturated carbocycles. The summed E-state index contributed by atoms with van der Waals surface area (Å²) in [5.41, 5.74) is 5.70. The Labute approximate surface area is 122 Å². The van der Waals surface area contributed by atoms with Gasteiger partial charge in [0, 0.05) is 5.56 Å². The van der Waals surface area contributed by atoms with Gasteiger partial charge in [-0.25, -0.2) is 10.4 Å². The first-order valence-corrected chi connectivity index (χ1v) is 6.82. The first-order valence-electron chi connectivity index (χ1n) is 6.82. The number of aromatic amines is 1. The second-order valence-corrected chi connectivity index (χ2v) is 4.44.